The van der Waals surface area contributed by atoms with Crippen molar-refractivity contribution >= 4 is 35.1 Å². The van der Waals surface area contributed by atoms with Crippen LogP contribution in [0.3, 0.4) is 0 Å². The molecule has 1 aliphatic heterocycles. The first-order valence-electron chi connectivity index (χ1n) is 12.0. The molecule has 2 aromatic heterocycles. The minimum absolute atomic E-state index is 0.0653. The Labute approximate surface area is 209 Å². The zero-order valence-corrected chi connectivity index (χ0v) is 20.6. The summed E-state index contributed by atoms with van der Waals surface area (Å²) < 4.78 is 6.99. The van der Waals surface area contributed by atoms with Crippen molar-refractivity contribution in [1.82, 2.24) is 30.0 Å². The molecule has 0 atom stereocenters. The number of carbonyl (C=O) groups excluding carboxylic acids is 2. The summed E-state index contributed by atoms with van der Waals surface area (Å²) in [4.78, 5) is 40.4. The first kappa shape index (κ1) is 23.8. The number of hydrogen-bond acceptors (Lipinski definition) is 7. The number of carbonyl (C=O) groups is 2. The van der Waals surface area contributed by atoms with Crippen LogP contribution in [-0.4, -0.2) is 69.5 Å². The molecule has 1 saturated carbocycles. The van der Waals surface area contributed by atoms with E-state index in [1.54, 1.807) is 29.0 Å². The summed E-state index contributed by atoms with van der Waals surface area (Å²) in [6, 6.07) is 7.83. The van der Waals surface area contributed by atoms with E-state index in [1.165, 1.54) is 6.20 Å². The van der Waals surface area contributed by atoms with Gasteiger partial charge >= 0.3 is 0 Å². The minimum Gasteiger partial charge on any atom is -0.377 e. The Morgan fingerprint density at radius 2 is 1.97 bits per heavy atom. The van der Waals surface area contributed by atoms with E-state index in [0.29, 0.717) is 24.4 Å². The minimum atomic E-state index is -0.475. The molecule has 10 nitrogen and oxygen atoms in total. The maximum Gasteiger partial charge on any atom is 0.289 e. The highest BCUT2D eigenvalue weighted by Gasteiger charge is 2.46. The topological polar surface area (TPSA) is 115 Å². The van der Waals surface area contributed by atoms with Gasteiger partial charge in [0.1, 0.15) is 0 Å². The number of nitrogens with one attached hydrogen (secondary N) is 1. The molecular weight excluding hydrogens is 458 g/mol. The maximum absolute atomic E-state index is 13.1. The van der Waals surface area contributed by atoms with Crippen LogP contribution in [0.25, 0.3) is 16.6 Å². The van der Waals surface area contributed by atoms with Crippen molar-refractivity contribution < 1.29 is 14.3 Å². The Hall–Kier alpha value is -3.92. The lowest BCUT2D eigenvalue weighted by atomic mass is 9.98. The van der Waals surface area contributed by atoms with Crippen LogP contribution < -0.4 is 5.32 Å². The average Bonchev–Trinajstić information content (AvgIpc) is 3.49. The molecule has 0 unspecified atom stereocenters. The lowest BCUT2D eigenvalue weighted by Crippen LogP contribution is -2.49. The van der Waals surface area contributed by atoms with E-state index in [2.05, 4.69) is 32.1 Å². The number of amides is 2. The highest BCUT2D eigenvalue weighted by atomic mass is 16.5. The molecule has 3 aromatic rings. The molecule has 10 heteroatoms. The van der Waals surface area contributed by atoms with Gasteiger partial charge in [-0.05, 0) is 44.5 Å². The van der Waals surface area contributed by atoms with Gasteiger partial charge in [-0.15, -0.1) is 0 Å². The van der Waals surface area contributed by atoms with E-state index in [0.717, 1.165) is 29.4 Å². The Morgan fingerprint density at radius 1 is 1.25 bits per heavy atom. The van der Waals surface area contributed by atoms with Crippen molar-refractivity contribution in [3.8, 4) is 0 Å². The molecule has 1 aliphatic carbocycles. The van der Waals surface area contributed by atoms with E-state index < -0.39 is 5.54 Å². The smallest absolute Gasteiger partial charge is 0.289 e. The molecule has 0 bridgehead atoms. The summed E-state index contributed by atoms with van der Waals surface area (Å²) in [7, 11) is 1.77. The predicted molar refractivity (Wildman–Crippen MR) is 135 cm³/mol. The first-order valence-corrected chi connectivity index (χ1v) is 12.0. The molecule has 36 heavy (non-hydrogen) atoms. The number of aromatic nitrogens is 4. The molecule has 186 valence electrons. The van der Waals surface area contributed by atoms with Crippen LogP contribution in [0.4, 0.5) is 0 Å². The van der Waals surface area contributed by atoms with Crippen molar-refractivity contribution in [2.24, 2.45) is 4.99 Å². The summed E-state index contributed by atoms with van der Waals surface area (Å²) in [5.41, 5.74) is 2.32. The summed E-state index contributed by atoms with van der Waals surface area (Å²) in [5.74, 6) is -0.347. The van der Waals surface area contributed by atoms with Crippen molar-refractivity contribution in [2.75, 3.05) is 20.3 Å². The molecule has 1 aromatic carbocycles. The molecule has 2 fully saturated rings. The number of fused-ring (bicyclic) bond motifs is 1. The Balaban J connectivity index is 1.34. The third-order valence-corrected chi connectivity index (χ3v) is 6.82. The van der Waals surface area contributed by atoms with Gasteiger partial charge in [0, 0.05) is 25.5 Å². The Morgan fingerprint density at radius 3 is 2.56 bits per heavy atom. The maximum atomic E-state index is 13.1. The summed E-state index contributed by atoms with van der Waals surface area (Å²) in [6.07, 6.45) is 6.43. The number of benzene rings is 1. The molecule has 2 aliphatic rings. The van der Waals surface area contributed by atoms with Crippen molar-refractivity contribution in [3.05, 3.63) is 59.8 Å². The number of hydrogen-bond donors (Lipinski definition) is 1. The van der Waals surface area contributed by atoms with Gasteiger partial charge in [-0.3, -0.25) is 14.6 Å². The van der Waals surface area contributed by atoms with Crippen molar-refractivity contribution in [1.29, 1.82) is 0 Å². The number of likely N-dealkylation sites (N-methyl/N-ethyl adjacent to an activating group) is 1. The fraction of sp³-hybridized carbons (Fsp3) is 0.385. The van der Waals surface area contributed by atoms with Crippen LogP contribution >= 0.6 is 0 Å². The summed E-state index contributed by atoms with van der Waals surface area (Å²) in [5, 5.41) is 8.26. The molecule has 1 saturated heterocycles. The van der Waals surface area contributed by atoms with Crippen LogP contribution in [0.5, 0.6) is 0 Å². The number of rotatable bonds is 8. The van der Waals surface area contributed by atoms with Crippen LogP contribution in [0.15, 0.2) is 47.9 Å². The van der Waals surface area contributed by atoms with Crippen LogP contribution in [0.1, 0.15) is 54.5 Å². The van der Waals surface area contributed by atoms with E-state index in [9.17, 15) is 9.59 Å². The highest BCUT2D eigenvalue weighted by molar-refractivity contribution is 6.19. The average molecular weight is 488 g/mol. The van der Waals surface area contributed by atoms with E-state index in [-0.39, 0.29) is 29.7 Å². The largest absolute Gasteiger partial charge is 0.377 e. The summed E-state index contributed by atoms with van der Waals surface area (Å²) >= 11 is 0. The summed E-state index contributed by atoms with van der Waals surface area (Å²) in [6.45, 7) is 8.61. The van der Waals surface area contributed by atoms with Crippen LogP contribution in [0, 0.1) is 0 Å². The zero-order chi connectivity index (χ0) is 25.4. The normalized spacial score (nSPS) is 17.1. The third kappa shape index (κ3) is 4.28. The van der Waals surface area contributed by atoms with Gasteiger partial charge in [-0.25, -0.2) is 14.6 Å². The second-order valence-electron chi connectivity index (χ2n) is 9.60. The molecular formula is C26H29N7O3. The second kappa shape index (κ2) is 9.27. The lowest BCUT2D eigenvalue weighted by Gasteiger charge is -2.35. The fourth-order valence-electron chi connectivity index (χ4n) is 4.32. The second-order valence-corrected chi connectivity index (χ2v) is 9.60. The molecule has 5 rings (SSSR count). The molecule has 1 N–H and O–H groups in total. The van der Waals surface area contributed by atoms with Gasteiger partial charge < -0.3 is 15.0 Å². The zero-order valence-electron chi connectivity index (χ0n) is 20.6. The lowest BCUT2D eigenvalue weighted by molar-refractivity contribution is -0.135. The quantitative estimate of drug-likeness (QED) is 0.386. The fourth-order valence-corrected chi connectivity index (χ4v) is 4.32. The monoisotopic (exact) mass is 487 g/mol. The van der Waals surface area contributed by atoms with Gasteiger partial charge in [0.05, 0.1) is 42.0 Å². The van der Waals surface area contributed by atoms with E-state index >= 15 is 0 Å². The van der Waals surface area contributed by atoms with Gasteiger partial charge in [0.15, 0.2) is 5.65 Å². The predicted octanol–water partition coefficient (Wildman–Crippen LogP) is 2.72. The highest BCUT2D eigenvalue weighted by Crippen LogP contribution is 2.46. The SMILES string of the molecule is C=N/C=C(\C(=O)N(C)C1COC1)c1ccc(C2(NC(=O)c3ncc4cnn(C(C)C)c4n3)CC2)cc1. The number of nitrogens with zero attached hydrogens (tertiary/aromatic N) is 6. The van der Waals surface area contributed by atoms with Gasteiger partial charge in [0.25, 0.3) is 11.8 Å². The Bertz CT molecular complexity index is 1350. The van der Waals surface area contributed by atoms with Gasteiger partial charge in [-0.2, -0.15) is 5.10 Å². The van der Waals surface area contributed by atoms with Gasteiger partial charge in [-0.1, -0.05) is 24.3 Å². The van der Waals surface area contributed by atoms with Crippen molar-refractivity contribution in [2.45, 2.75) is 44.3 Å². The Kier molecular flexibility index (Phi) is 6.13. The molecule has 0 radical (unpaired) electrons. The first-order chi connectivity index (χ1) is 17.3. The number of ether oxygens (including phenoxy) is 1. The van der Waals surface area contributed by atoms with Crippen LogP contribution in [-0.2, 0) is 15.1 Å². The number of aliphatic imine (C=N–C) groups is 1. The molecule has 0 spiro atoms. The van der Waals surface area contributed by atoms with E-state index in [1.807, 2.05) is 38.1 Å². The van der Waals surface area contributed by atoms with Crippen LogP contribution in [0.2, 0.25) is 0 Å². The standard InChI is InChI=1S/C26H29N7O3/c1-16(2)33-23-18(12-29-33)11-28-22(30-23)24(34)31-26(9-10-26)19-7-5-17(6-8-19)21(13-27-3)25(35)32(4)20-14-36-15-20/h5-8,11-13,16,20H,3,9-10,14-15H2,1-2,4H3,(H,31,34)/b21-13-. The van der Waals surface area contributed by atoms with Crippen molar-refractivity contribution in [3.63, 3.8) is 0 Å². The molecule has 2 amide bonds. The molecule has 3 heterocycles. The van der Waals surface area contributed by atoms with Gasteiger partial charge in [0.2, 0.25) is 5.82 Å². The third-order valence-electron chi connectivity index (χ3n) is 6.82. The van der Waals surface area contributed by atoms with E-state index in [4.69, 9.17) is 4.74 Å².